The van der Waals surface area contributed by atoms with E-state index in [1.807, 2.05) is 12.1 Å². The Balaban J connectivity index is 1.53. The minimum absolute atomic E-state index is 0.0698. The van der Waals surface area contributed by atoms with E-state index in [1.54, 1.807) is 11.3 Å². The Morgan fingerprint density at radius 2 is 1.96 bits per heavy atom. The molecule has 5 heteroatoms. The molecule has 136 valence electrons. The number of aryl methyl sites for hydroxylation is 1. The lowest BCUT2D eigenvalue weighted by atomic mass is 10.0. The number of carbonyl (C=O) groups excluding carboxylic acids is 1. The normalized spacial score (nSPS) is 20.6. The van der Waals surface area contributed by atoms with Crippen LogP contribution in [0.2, 0.25) is 0 Å². The number of furan rings is 1. The van der Waals surface area contributed by atoms with Gasteiger partial charge in [-0.25, -0.2) is 5.01 Å². The smallest absolute Gasteiger partial charge is 0.244 e. The minimum Gasteiger partial charge on any atom is -0.467 e. The molecule has 2 aliphatic heterocycles. The zero-order chi connectivity index (χ0) is 17.9. The summed E-state index contributed by atoms with van der Waals surface area (Å²) in [7, 11) is 0. The minimum atomic E-state index is -0.146. The average molecular weight is 351 g/mol. The maximum atomic E-state index is 12.9. The lowest BCUT2D eigenvalue weighted by Gasteiger charge is -2.21. The highest BCUT2D eigenvalue weighted by Gasteiger charge is 2.34. The largest absolute Gasteiger partial charge is 0.467 e. The highest BCUT2D eigenvalue weighted by Crippen LogP contribution is 2.33. The number of hydrazone groups is 1. The van der Waals surface area contributed by atoms with Crippen molar-refractivity contribution in [2.75, 3.05) is 19.6 Å². The van der Waals surface area contributed by atoms with Gasteiger partial charge in [0.2, 0.25) is 5.91 Å². The van der Waals surface area contributed by atoms with Crippen molar-refractivity contribution in [1.82, 2.24) is 9.91 Å². The van der Waals surface area contributed by atoms with E-state index in [9.17, 15) is 4.79 Å². The number of benzene rings is 1. The molecular weight excluding hydrogens is 326 g/mol. The van der Waals surface area contributed by atoms with E-state index >= 15 is 0 Å². The lowest BCUT2D eigenvalue weighted by molar-refractivity contribution is -0.133. The topological polar surface area (TPSA) is 49.1 Å². The van der Waals surface area contributed by atoms with Crippen molar-refractivity contribution in [1.29, 1.82) is 0 Å². The first-order valence-corrected chi connectivity index (χ1v) is 9.43. The van der Waals surface area contributed by atoms with Crippen molar-refractivity contribution in [3.05, 3.63) is 59.5 Å². The van der Waals surface area contributed by atoms with Crippen LogP contribution in [0.25, 0.3) is 0 Å². The third kappa shape index (κ3) is 3.58. The van der Waals surface area contributed by atoms with Crippen LogP contribution in [0.1, 0.15) is 48.6 Å². The summed E-state index contributed by atoms with van der Waals surface area (Å²) in [5.41, 5.74) is 3.23. The van der Waals surface area contributed by atoms with Crippen molar-refractivity contribution >= 4 is 11.6 Å². The molecule has 2 aliphatic rings. The molecule has 1 aromatic heterocycles. The fourth-order valence-electron chi connectivity index (χ4n) is 3.74. The lowest BCUT2D eigenvalue weighted by Crippen LogP contribution is -2.31. The molecule has 0 spiro atoms. The molecule has 5 nitrogen and oxygen atoms in total. The number of hydrogen-bond donors (Lipinski definition) is 0. The van der Waals surface area contributed by atoms with E-state index in [0.29, 0.717) is 12.8 Å². The molecule has 0 aliphatic carbocycles. The van der Waals surface area contributed by atoms with Crippen molar-refractivity contribution < 1.29 is 9.21 Å². The van der Waals surface area contributed by atoms with Crippen molar-refractivity contribution in [2.24, 2.45) is 5.10 Å². The van der Waals surface area contributed by atoms with E-state index in [1.165, 1.54) is 18.4 Å². The molecule has 1 fully saturated rings. The van der Waals surface area contributed by atoms with Gasteiger partial charge in [-0.1, -0.05) is 29.8 Å². The van der Waals surface area contributed by atoms with Gasteiger partial charge in [0.15, 0.2) is 0 Å². The molecule has 1 amide bonds. The maximum Gasteiger partial charge on any atom is 0.244 e. The number of hydrogen-bond acceptors (Lipinski definition) is 4. The van der Waals surface area contributed by atoms with Crippen molar-refractivity contribution in [3.63, 3.8) is 0 Å². The van der Waals surface area contributed by atoms with Gasteiger partial charge in [0.05, 0.1) is 12.0 Å². The Labute approximate surface area is 154 Å². The molecule has 1 aromatic carbocycles. The van der Waals surface area contributed by atoms with E-state index in [2.05, 4.69) is 36.1 Å². The summed E-state index contributed by atoms with van der Waals surface area (Å²) in [5.74, 6) is 0.866. The number of likely N-dealkylation sites (tertiary alicyclic amines) is 1. The molecule has 3 heterocycles. The number of nitrogens with zero attached hydrogens (tertiary/aromatic N) is 3. The van der Waals surface area contributed by atoms with Crippen LogP contribution in [-0.4, -0.2) is 41.2 Å². The van der Waals surface area contributed by atoms with Crippen LogP contribution in [0.5, 0.6) is 0 Å². The molecule has 0 bridgehead atoms. The second-order valence-corrected chi connectivity index (χ2v) is 7.19. The monoisotopic (exact) mass is 351 g/mol. The average Bonchev–Trinajstić information content (AvgIpc) is 3.41. The Hall–Kier alpha value is -2.40. The van der Waals surface area contributed by atoms with Crippen LogP contribution < -0.4 is 0 Å². The van der Waals surface area contributed by atoms with Crippen LogP contribution >= 0.6 is 0 Å². The Morgan fingerprint density at radius 3 is 2.65 bits per heavy atom. The molecule has 0 N–H and O–H groups in total. The SMILES string of the molecule is Cc1ccc(C2=NN(C(=O)CCN3CCCC3)[C@@H](c3ccco3)C2)cc1. The Kier molecular flexibility index (Phi) is 4.89. The first-order chi connectivity index (χ1) is 12.7. The third-order valence-corrected chi connectivity index (χ3v) is 5.26. The van der Waals surface area contributed by atoms with E-state index < -0.39 is 0 Å². The van der Waals surface area contributed by atoms with Gasteiger partial charge in [-0.05, 0) is 50.6 Å². The Morgan fingerprint density at radius 1 is 1.19 bits per heavy atom. The predicted octanol–water partition coefficient (Wildman–Crippen LogP) is 3.75. The second-order valence-electron chi connectivity index (χ2n) is 7.19. The first kappa shape index (κ1) is 17.0. The number of rotatable bonds is 5. The van der Waals surface area contributed by atoms with Crippen LogP contribution in [0, 0.1) is 6.92 Å². The summed E-state index contributed by atoms with van der Waals surface area (Å²) < 4.78 is 5.60. The van der Waals surface area contributed by atoms with Crippen molar-refractivity contribution in [3.8, 4) is 0 Å². The number of carbonyl (C=O) groups is 1. The van der Waals surface area contributed by atoms with E-state index in [4.69, 9.17) is 9.52 Å². The van der Waals surface area contributed by atoms with Gasteiger partial charge in [0, 0.05) is 19.4 Å². The van der Waals surface area contributed by atoms with Crippen LogP contribution in [0.15, 0.2) is 52.2 Å². The molecule has 4 rings (SSSR count). The first-order valence-electron chi connectivity index (χ1n) is 9.43. The summed E-state index contributed by atoms with van der Waals surface area (Å²) in [6, 6.07) is 12.0. The fraction of sp³-hybridized carbons (Fsp3) is 0.429. The Bertz CT molecular complexity index is 774. The van der Waals surface area contributed by atoms with Crippen LogP contribution in [-0.2, 0) is 4.79 Å². The summed E-state index contributed by atoms with van der Waals surface area (Å²) in [4.78, 5) is 15.3. The number of amides is 1. The molecule has 0 unspecified atom stereocenters. The summed E-state index contributed by atoms with van der Waals surface area (Å²) in [5, 5.41) is 6.34. The van der Waals surface area contributed by atoms with Gasteiger partial charge in [-0.15, -0.1) is 0 Å². The zero-order valence-corrected chi connectivity index (χ0v) is 15.2. The molecule has 26 heavy (non-hydrogen) atoms. The zero-order valence-electron chi connectivity index (χ0n) is 15.2. The standard InChI is InChI=1S/C21H25N3O2/c1-16-6-8-17(9-7-16)18-15-19(20-5-4-14-26-20)24(22-18)21(25)10-13-23-11-2-3-12-23/h4-9,14,19H,2-3,10-13,15H2,1H3/t19-/m1/s1. The molecule has 1 saturated heterocycles. The third-order valence-electron chi connectivity index (χ3n) is 5.26. The summed E-state index contributed by atoms with van der Waals surface area (Å²) in [6.07, 6.45) is 5.32. The van der Waals surface area contributed by atoms with Crippen LogP contribution in [0.3, 0.4) is 0 Å². The molecule has 0 saturated carbocycles. The van der Waals surface area contributed by atoms with Crippen LogP contribution in [0.4, 0.5) is 0 Å². The van der Waals surface area contributed by atoms with E-state index in [0.717, 1.165) is 36.7 Å². The molecular formula is C21H25N3O2. The van der Waals surface area contributed by atoms with Gasteiger partial charge in [-0.2, -0.15) is 5.10 Å². The maximum absolute atomic E-state index is 12.9. The van der Waals surface area contributed by atoms with Gasteiger partial charge in [0.25, 0.3) is 0 Å². The van der Waals surface area contributed by atoms with Crippen molar-refractivity contribution in [2.45, 2.75) is 38.6 Å². The van der Waals surface area contributed by atoms with E-state index in [-0.39, 0.29) is 11.9 Å². The summed E-state index contributed by atoms with van der Waals surface area (Å²) >= 11 is 0. The molecule has 2 aromatic rings. The summed E-state index contributed by atoms with van der Waals surface area (Å²) in [6.45, 7) is 5.09. The van der Waals surface area contributed by atoms with Gasteiger partial charge in [0.1, 0.15) is 11.8 Å². The highest BCUT2D eigenvalue weighted by molar-refractivity contribution is 6.03. The second kappa shape index (κ2) is 7.46. The van der Waals surface area contributed by atoms with Gasteiger partial charge in [-0.3, -0.25) is 4.79 Å². The quantitative estimate of drug-likeness (QED) is 0.824. The predicted molar refractivity (Wildman–Crippen MR) is 101 cm³/mol. The highest BCUT2D eigenvalue weighted by atomic mass is 16.3. The van der Waals surface area contributed by atoms with Gasteiger partial charge >= 0.3 is 0 Å². The molecule has 1 atom stereocenters. The fourth-order valence-corrected chi connectivity index (χ4v) is 3.74. The molecule has 0 radical (unpaired) electrons. The van der Waals surface area contributed by atoms with Gasteiger partial charge < -0.3 is 9.32 Å².